The van der Waals surface area contributed by atoms with E-state index < -0.39 is 43.6 Å². The van der Waals surface area contributed by atoms with Crippen molar-refractivity contribution in [1.29, 1.82) is 0 Å². The van der Waals surface area contributed by atoms with Gasteiger partial charge in [0, 0.05) is 0 Å². The smallest absolute Gasteiger partial charge is 0.465 e. The predicted octanol–water partition coefficient (Wildman–Crippen LogP) is -0.201. The maximum atomic E-state index is 13.1. The van der Waals surface area contributed by atoms with Crippen LogP contribution in [-0.2, 0) is 4.74 Å². The molecule has 1 aromatic carbocycles. The molecule has 0 radical (unpaired) electrons. The molecule has 0 fully saturated rings. The van der Waals surface area contributed by atoms with Crippen molar-refractivity contribution >= 4 is 12.4 Å². The van der Waals surface area contributed by atoms with Crippen molar-refractivity contribution in [3.63, 3.8) is 0 Å². The number of alkyl halides is 3. The molecule has 20 heavy (non-hydrogen) atoms. The van der Waals surface area contributed by atoms with E-state index in [1.807, 2.05) is 0 Å². The van der Waals surface area contributed by atoms with E-state index in [0.29, 0.717) is 18.2 Å². The predicted molar refractivity (Wildman–Crippen MR) is 52.6 cm³/mol. The largest absolute Gasteiger partial charge is 1.00 e. The van der Waals surface area contributed by atoms with Crippen molar-refractivity contribution in [2.75, 3.05) is 13.4 Å². The molecule has 0 aliphatic heterocycles. The van der Waals surface area contributed by atoms with Crippen LogP contribution in [0.4, 0.5) is 30.5 Å². The molecule has 0 heterocycles. The molecular weight excluding hydrogens is 323 g/mol. The first-order valence-electron chi connectivity index (χ1n) is 4.86. The summed E-state index contributed by atoms with van der Waals surface area (Å²) in [5, 5.41) is 0. The molecule has 0 saturated carbocycles. The van der Waals surface area contributed by atoms with Gasteiger partial charge in [0.2, 0.25) is 0 Å². The van der Waals surface area contributed by atoms with Crippen LogP contribution in [-0.4, -0.2) is 26.6 Å². The van der Waals surface area contributed by atoms with E-state index in [0.717, 1.165) is 0 Å². The van der Waals surface area contributed by atoms with Gasteiger partial charge in [-0.2, -0.15) is 13.2 Å². The monoisotopic (exact) mass is 330 g/mol. The summed E-state index contributed by atoms with van der Waals surface area (Å²) in [6.07, 6.45) is -4.60. The maximum Gasteiger partial charge on any atom is 1.00 e. The van der Waals surface area contributed by atoms with Gasteiger partial charge in [-0.1, -0.05) is 6.07 Å². The first kappa shape index (κ1) is 20.2. The van der Waals surface area contributed by atoms with Crippen molar-refractivity contribution in [1.82, 2.24) is 0 Å². The van der Waals surface area contributed by atoms with E-state index >= 15 is 0 Å². The van der Waals surface area contributed by atoms with E-state index in [1.54, 1.807) is 0 Å². The Morgan fingerprint density at radius 1 is 1.10 bits per heavy atom. The van der Waals surface area contributed by atoms with E-state index in [1.165, 1.54) is 0 Å². The summed E-state index contributed by atoms with van der Waals surface area (Å²) in [4.78, 5) is 0. The number of benzene rings is 1. The quantitative estimate of drug-likeness (QED) is 0.322. The minimum absolute atomic E-state index is 0. The molecule has 2 nitrogen and oxygen atoms in total. The molecule has 0 unspecified atom stereocenters. The fourth-order valence-electron chi connectivity index (χ4n) is 1.10. The molecule has 0 atom stereocenters. The Morgan fingerprint density at radius 3 is 2.20 bits per heavy atom. The summed E-state index contributed by atoms with van der Waals surface area (Å²) in [5.41, 5.74) is -1.12. The van der Waals surface area contributed by atoms with Crippen molar-refractivity contribution < 1.29 is 91.4 Å². The summed E-state index contributed by atoms with van der Waals surface area (Å²) >= 11 is 0. The molecule has 0 bridgehead atoms. The summed E-state index contributed by atoms with van der Waals surface area (Å²) in [6.45, 7) is -8.00. The molecule has 108 valence electrons. The molecule has 0 aromatic heterocycles. The third-order valence-corrected chi connectivity index (χ3v) is 1.90. The number of rotatable bonds is 5. The zero-order valence-corrected chi connectivity index (χ0v) is 13.3. The van der Waals surface area contributed by atoms with Gasteiger partial charge in [0.25, 0.3) is 0 Å². The summed E-state index contributed by atoms with van der Waals surface area (Å²) in [6, 6.07) is 1.40. The SMILES string of the molecule is Fc1ccc([B-](F)(F)F)cc1OCOCC(F)(F)F.[K+]. The fourth-order valence-corrected chi connectivity index (χ4v) is 1.10. The standard InChI is InChI=1S/C9H7BF7O2.K/c11-7-2-1-6(10(15,16)17)3-8(7)19-5-18-4-9(12,13)14;/h1-3H,4-5H2;/q-1;+1. The second-order valence-corrected chi connectivity index (χ2v) is 3.49. The number of hydrogen-bond donors (Lipinski definition) is 0. The van der Waals surface area contributed by atoms with E-state index in [4.69, 9.17) is 0 Å². The number of ether oxygens (including phenoxy) is 2. The van der Waals surface area contributed by atoms with Crippen LogP contribution in [0.25, 0.3) is 0 Å². The van der Waals surface area contributed by atoms with Crippen molar-refractivity contribution in [3.05, 3.63) is 24.0 Å². The molecule has 0 amide bonds. The van der Waals surface area contributed by atoms with E-state index in [9.17, 15) is 30.5 Å². The van der Waals surface area contributed by atoms with Gasteiger partial charge in [0.05, 0.1) is 0 Å². The van der Waals surface area contributed by atoms with Crippen LogP contribution < -0.4 is 61.6 Å². The minimum Gasteiger partial charge on any atom is -0.465 e. The van der Waals surface area contributed by atoms with Gasteiger partial charge in [-0.15, -0.1) is 5.46 Å². The summed E-state index contributed by atoms with van der Waals surface area (Å²) in [5.74, 6) is -1.95. The third-order valence-electron chi connectivity index (χ3n) is 1.90. The molecule has 1 aromatic rings. The van der Waals surface area contributed by atoms with Gasteiger partial charge >= 0.3 is 64.5 Å². The van der Waals surface area contributed by atoms with Gasteiger partial charge in [0.1, 0.15) is 6.61 Å². The Morgan fingerprint density at radius 2 is 1.70 bits per heavy atom. The average molecular weight is 330 g/mol. The van der Waals surface area contributed by atoms with Crippen LogP contribution in [0.1, 0.15) is 0 Å². The first-order chi connectivity index (χ1) is 8.59. The molecule has 11 heteroatoms. The molecule has 0 aliphatic rings. The Balaban J connectivity index is 0.00000361. The van der Waals surface area contributed by atoms with Crippen LogP contribution in [0.3, 0.4) is 0 Å². The van der Waals surface area contributed by atoms with E-state index in [-0.39, 0.29) is 51.4 Å². The Bertz CT molecular complexity index is 435. The first-order valence-corrected chi connectivity index (χ1v) is 4.86. The zero-order chi connectivity index (χ0) is 14.7. The number of hydrogen-bond acceptors (Lipinski definition) is 2. The second kappa shape index (κ2) is 7.99. The fraction of sp³-hybridized carbons (Fsp3) is 0.333. The van der Waals surface area contributed by atoms with Crippen LogP contribution >= 0.6 is 0 Å². The normalized spacial score (nSPS) is 11.9. The van der Waals surface area contributed by atoms with Crippen LogP contribution in [0, 0.1) is 5.82 Å². The van der Waals surface area contributed by atoms with Crippen LogP contribution in [0.5, 0.6) is 5.75 Å². The zero-order valence-electron chi connectivity index (χ0n) is 10.2. The van der Waals surface area contributed by atoms with Crippen LogP contribution in [0.2, 0.25) is 0 Å². The van der Waals surface area contributed by atoms with Crippen LogP contribution in [0.15, 0.2) is 18.2 Å². The summed E-state index contributed by atoms with van der Waals surface area (Å²) in [7, 11) is 0. The molecule has 0 N–H and O–H groups in total. The van der Waals surface area contributed by atoms with Crippen molar-refractivity contribution in [3.8, 4) is 5.75 Å². The van der Waals surface area contributed by atoms with Gasteiger partial charge in [-0.05, 0) is 12.1 Å². The van der Waals surface area contributed by atoms with E-state index in [2.05, 4.69) is 9.47 Å². The number of halogens is 7. The third kappa shape index (κ3) is 7.27. The van der Waals surface area contributed by atoms with Gasteiger partial charge in [-0.3, -0.25) is 0 Å². The van der Waals surface area contributed by atoms with Crippen molar-refractivity contribution in [2.45, 2.75) is 6.18 Å². The Hall–Kier alpha value is 0.191. The van der Waals surface area contributed by atoms with Gasteiger partial charge in [-0.25, -0.2) is 4.39 Å². The second-order valence-electron chi connectivity index (χ2n) is 3.49. The Kier molecular flexibility index (Phi) is 8.07. The average Bonchev–Trinajstić information content (AvgIpc) is 2.23. The van der Waals surface area contributed by atoms with Gasteiger partial charge in [0.15, 0.2) is 18.4 Å². The van der Waals surface area contributed by atoms with Crippen molar-refractivity contribution in [2.24, 2.45) is 0 Å². The Labute approximate surface area is 152 Å². The topological polar surface area (TPSA) is 18.5 Å². The van der Waals surface area contributed by atoms with Gasteiger partial charge < -0.3 is 22.4 Å². The molecule has 0 aliphatic carbocycles. The maximum absolute atomic E-state index is 13.1. The molecule has 0 spiro atoms. The molecule has 0 saturated heterocycles. The molecule has 1 rings (SSSR count). The summed E-state index contributed by atoms with van der Waals surface area (Å²) < 4.78 is 93.5. The minimum atomic E-state index is -5.35. The molecular formula is C9H7BF7KO2.